The second kappa shape index (κ2) is 6.10. The molecular formula is C16H17N3OS. The molecule has 4 nitrogen and oxygen atoms in total. The summed E-state index contributed by atoms with van der Waals surface area (Å²) >= 11 is 1.22. The van der Waals surface area contributed by atoms with Gasteiger partial charge < -0.3 is 9.88 Å². The predicted octanol–water partition coefficient (Wildman–Crippen LogP) is 3.33. The summed E-state index contributed by atoms with van der Waals surface area (Å²) in [6.45, 7) is 3.54. The van der Waals surface area contributed by atoms with Crippen molar-refractivity contribution in [3.8, 4) is 0 Å². The van der Waals surface area contributed by atoms with Crippen LogP contribution in [0.3, 0.4) is 0 Å². The average molecular weight is 299 g/mol. The van der Waals surface area contributed by atoms with E-state index in [0.717, 1.165) is 35.2 Å². The number of pyridine rings is 1. The summed E-state index contributed by atoms with van der Waals surface area (Å²) in [5, 5.41) is 6.27. The SMILES string of the molecule is CCCNc1nc2ccccc2cc1Cn1ccsc1=O. The van der Waals surface area contributed by atoms with Gasteiger partial charge in [-0.2, -0.15) is 0 Å². The quantitative estimate of drug-likeness (QED) is 0.786. The number of hydrogen-bond donors (Lipinski definition) is 1. The van der Waals surface area contributed by atoms with Gasteiger partial charge in [0.1, 0.15) is 5.82 Å². The summed E-state index contributed by atoms with van der Waals surface area (Å²) in [5.74, 6) is 0.869. The van der Waals surface area contributed by atoms with E-state index in [0.29, 0.717) is 6.54 Å². The lowest BCUT2D eigenvalue weighted by Crippen LogP contribution is -2.15. The van der Waals surface area contributed by atoms with Gasteiger partial charge in [-0.25, -0.2) is 4.98 Å². The third-order valence-electron chi connectivity index (χ3n) is 3.33. The molecule has 0 amide bonds. The normalized spacial score (nSPS) is 10.9. The molecule has 0 fully saturated rings. The van der Waals surface area contributed by atoms with Crippen LogP contribution < -0.4 is 10.2 Å². The van der Waals surface area contributed by atoms with Crippen LogP contribution in [0.4, 0.5) is 5.82 Å². The second-order valence-corrected chi connectivity index (χ2v) is 5.77. The van der Waals surface area contributed by atoms with Crippen molar-refractivity contribution in [2.45, 2.75) is 19.9 Å². The molecule has 21 heavy (non-hydrogen) atoms. The number of aromatic nitrogens is 2. The first-order valence-corrected chi connectivity index (χ1v) is 7.92. The van der Waals surface area contributed by atoms with Crippen LogP contribution in [0.15, 0.2) is 46.7 Å². The minimum Gasteiger partial charge on any atom is -0.370 e. The van der Waals surface area contributed by atoms with Gasteiger partial charge >= 0.3 is 4.87 Å². The largest absolute Gasteiger partial charge is 0.370 e. The molecule has 5 heteroatoms. The number of para-hydroxylation sites is 1. The molecule has 3 rings (SSSR count). The smallest absolute Gasteiger partial charge is 0.307 e. The van der Waals surface area contributed by atoms with Gasteiger partial charge in [0.2, 0.25) is 0 Å². The molecule has 3 aromatic rings. The first kappa shape index (κ1) is 13.8. The first-order valence-electron chi connectivity index (χ1n) is 7.04. The number of fused-ring (bicyclic) bond motifs is 1. The molecular weight excluding hydrogens is 282 g/mol. The maximum atomic E-state index is 11.8. The average Bonchev–Trinajstić information content (AvgIpc) is 2.90. The van der Waals surface area contributed by atoms with Crippen LogP contribution in [0.5, 0.6) is 0 Å². The number of anilines is 1. The lowest BCUT2D eigenvalue weighted by molar-refractivity contribution is 0.781. The van der Waals surface area contributed by atoms with Gasteiger partial charge in [0.05, 0.1) is 12.1 Å². The van der Waals surface area contributed by atoms with Crippen molar-refractivity contribution in [3.05, 3.63) is 57.1 Å². The van der Waals surface area contributed by atoms with Gasteiger partial charge in [0.25, 0.3) is 0 Å². The van der Waals surface area contributed by atoms with E-state index >= 15 is 0 Å². The highest BCUT2D eigenvalue weighted by atomic mass is 32.1. The van der Waals surface area contributed by atoms with Crippen LogP contribution in [-0.2, 0) is 6.54 Å². The van der Waals surface area contributed by atoms with Crippen LogP contribution in [0.1, 0.15) is 18.9 Å². The van der Waals surface area contributed by atoms with Crippen molar-refractivity contribution < 1.29 is 0 Å². The fourth-order valence-corrected chi connectivity index (χ4v) is 2.85. The van der Waals surface area contributed by atoms with Gasteiger partial charge in [0, 0.05) is 29.1 Å². The third kappa shape index (κ3) is 2.97. The minimum absolute atomic E-state index is 0.0598. The van der Waals surface area contributed by atoms with Crippen LogP contribution >= 0.6 is 11.3 Å². The molecule has 0 spiro atoms. The van der Waals surface area contributed by atoms with E-state index in [1.807, 2.05) is 35.8 Å². The van der Waals surface area contributed by atoms with Crippen LogP contribution in [-0.4, -0.2) is 16.1 Å². The van der Waals surface area contributed by atoms with E-state index in [1.54, 1.807) is 4.57 Å². The van der Waals surface area contributed by atoms with E-state index in [4.69, 9.17) is 4.98 Å². The summed E-state index contributed by atoms with van der Waals surface area (Å²) in [5.41, 5.74) is 2.01. The maximum Gasteiger partial charge on any atom is 0.307 e. The highest BCUT2D eigenvalue weighted by Gasteiger charge is 2.08. The molecule has 2 aromatic heterocycles. The van der Waals surface area contributed by atoms with Crippen molar-refractivity contribution in [1.82, 2.24) is 9.55 Å². The van der Waals surface area contributed by atoms with Crippen molar-refractivity contribution >= 4 is 28.1 Å². The number of nitrogens with one attached hydrogen (secondary N) is 1. The molecule has 0 atom stereocenters. The third-order valence-corrected chi connectivity index (χ3v) is 4.02. The Kier molecular flexibility index (Phi) is 4.01. The van der Waals surface area contributed by atoms with Crippen molar-refractivity contribution in [2.24, 2.45) is 0 Å². The molecule has 0 saturated carbocycles. The summed E-state index contributed by atoms with van der Waals surface area (Å²) in [6, 6.07) is 10.2. The molecule has 1 aromatic carbocycles. The molecule has 108 valence electrons. The van der Waals surface area contributed by atoms with E-state index in [2.05, 4.69) is 18.3 Å². The standard InChI is InChI=1S/C16H17N3OS/c1-2-7-17-15-13(11-19-8-9-21-16(19)20)10-12-5-3-4-6-14(12)18-15/h3-6,8-10H,2,7,11H2,1H3,(H,17,18). The zero-order valence-electron chi connectivity index (χ0n) is 11.9. The van der Waals surface area contributed by atoms with E-state index in [9.17, 15) is 4.79 Å². The number of rotatable bonds is 5. The summed E-state index contributed by atoms with van der Waals surface area (Å²) in [7, 11) is 0. The Morgan fingerprint density at radius 3 is 2.95 bits per heavy atom. The molecule has 0 unspecified atom stereocenters. The zero-order valence-corrected chi connectivity index (χ0v) is 12.7. The number of thiazole rings is 1. The lowest BCUT2D eigenvalue weighted by Gasteiger charge is -2.12. The summed E-state index contributed by atoms with van der Waals surface area (Å²) in [6.07, 6.45) is 2.86. The fraction of sp³-hybridized carbons (Fsp3) is 0.250. The predicted molar refractivity (Wildman–Crippen MR) is 88.2 cm³/mol. The molecule has 0 bridgehead atoms. The molecule has 2 heterocycles. The number of hydrogen-bond acceptors (Lipinski definition) is 4. The number of nitrogens with zero attached hydrogens (tertiary/aromatic N) is 2. The topological polar surface area (TPSA) is 46.9 Å². The Morgan fingerprint density at radius 1 is 1.33 bits per heavy atom. The molecule has 0 aliphatic rings. The second-order valence-electron chi connectivity index (χ2n) is 4.91. The van der Waals surface area contributed by atoms with Gasteiger partial charge in [-0.05, 0) is 18.6 Å². The van der Waals surface area contributed by atoms with E-state index in [-0.39, 0.29) is 4.87 Å². The van der Waals surface area contributed by atoms with Gasteiger partial charge in [0.15, 0.2) is 0 Å². The molecule has 0 radical (unpaired) electrons. The monoisotopic (exact) mass is 299 g/mol. The van der Waals surface area contributed by atoms with Crippen LogP contribution in [0, 0.1) is 0 Å². The first-order chi connectivity index (χ1) is 10.3. The van der Waals surface area contributed by atoms with E-state index in [1.165, 1.54) is 11.3 Å². The van der Waals surface area contributed by atoms with Gasteiger partial charge in [-0.1, -0.05) is 36.5 Å². The van der Waals surface area contributed by atoms with Crippen LogP contribution in [0.2, 0.25) is 0 Å². The Morgan fingerprint density at radius 2 is 2.19 bits per heavy atom. The van der Waals surface area contributed by atoms with Gasteiger partial charge in [-0.15, -0.1) is 0 Å². The highest BCUT2D eigenvalue weighted by Crippen LogP contribution is 2.21. The lowest BCUT2D eigenvalue weighted by atomic mass is 10.1. The Balaban J connectivity index is 2.05. The fourth-order valence-electron chi connectivity index (χ4n) is 2.27. The summed E-state index contributed by atoms with van der Waals surface area (Å²) in [4.78, 5) is 16.5. The Labute approximate surface area is 127 Å². The van der Waals surface area contributed by atoms with Gasteiger partial charge in [-0.3, -0.25) is 4.79 Å². The highest BCUT2D eigenvalue weighted by molar-refractivity contribution is 7.07. The van der Waals surface area contributed by atoms with Crippen LogP contribution in [0.25, 0.3) is 10.9 Å². The summed E-state index contributed by atoms with van der Waals surface area (Å²) < 4.78 is 1.72. The molecule has 0 aliphatic heterocycles. The van der Waals surface area contributed by atoms with Crippen molar-refractivity contribution in [1.29, 1.82) is 0 Å². The van der Waals surface area contributed by atoms with Crippen molar-refractivity contribution in [2.75, 3.05) is 11.9 Å². The minimum atomic E-state index is 0.0598. The van der Waals surface area contributed by atoms with E-state index < -0.39 is 0 Å². The Hall–Kier alpha value is -2.14. The van der Waals surface area contributed by atoms with Crippen molar-refractivity contribution in [3.63, 3.8) is 0 Å². The zero-order chi connectivity index (χ0) is 14.7. The Bertz CT molecular complexity index is 806. The molecule has 0 saturated heterocycles. The molecule has 0 aliphatic carbocycles. The molecule has 1 N–H and O–H groups in total. The number of benzene rings is 1. The maximum absolute atomic E-state index is 11.8.